The van der Waals surface area contributed by atoms with Crippen LogP contribution in [0.1, 0.15) is 26.5 Å². The second kappa shape index (κ2) is 9.47. The minimum atomic E-state index is -0.790. The van der Waals surface area contributed by atoms with Crippen LogP contribution in [0.15, 0.2) is 59.2 Å². The third-order valence-corrected chi connectivity index (χ3v) is 4.83. The Morgan fingerprint density at radius 2 is 1.77 bits per heavy atom. The van der Waals surface area contributed by atoms with Crippen molar-refractivity contribution in [3.8, 4) is 0 Å². The molecule has 0 aliphatic rings. The zero-order valence-electron chi connectivity index (χ0n) is 15.7. The van der Waals surface area contributed by atoms with Crippen molar-refractivity contribution in [1.82, 2.24) is 0 Å². The maximum Gasteiger partial charge on any atom is 0.340 e. The Kier molecular flexibility index (Phi) is 6.76. The molecule has 0 bridgehead atoms. The van der Waals surface area contributed by atoms with Crippen LogP contribution in [-0.2, 0) is 9.53 Å². The lowest BCUT2D eigenvalue weighted by Crippen LogP contribution is -2.22. The maximum atomic E-state index is 12.4. The number of benzene rings is 2. The molecule has 3 rings (SSSR count). The number of amides is 2. The molecule has 30 heavy (non-hydrogen) atoms. The van der Waals surface area contributed by atoms with Crippen molar-refractivity contribution in [3.05, 3.63) is 81.7 Å². The summed E-state index contributed by atoms with van der Waals surface area (Å²) in [6, 6.07) is 12.6. The highest BCUT2D eigenvalue weighted by atomic mass is 35.5. The first-order valence-corrected chi connectivity index (χ1v) is 9.48. The number of aryl methyl sites for hydroxylation is 1. The van der Waals surface area contributed by atoms with E-state index in [0.717, 1.165) is 5.56 Å². The van der Waals surface area contributed by atoms with Crippen LogP contribution in [0.3, 0.4) is 0 Å². The molecule has 0 aliphatic carbocycles. The van der Waals surface area contributed by atoms with Gasteiger partial charge in [-0.15, -0.1) is 0 Å². The molecule has 154 valence electrons. The van der Waals surface area contributed by atoms with Crippen LogP contribution >= 0.6 is 23.2 Å². The minimum Gasteiger partial charge on any atom is -0.459 e. The lowest BCUT2D eigenvalue weighted by Gasteiger charge is -2.12. The van der Waals surface area contributed by atoms with E-state index in [9.17, 15) is 14.4 Å². The predicted molar refractivity (Wildman–Crippen MR) is 113 cm³/mol. The normalized spacial score (nSPS) is 10.4. The van der Waals surface area contributed by atoms with E-state index in [1.807, 2.05) is 0 Å². The van der Waals surface area contributed by atoms with Crippen LogP contribution in [0, 0.1) is 6.92 Å². The Morgan fingerprint density at radius 3 is 2.50 bits per heavy atom. The second-order valence-corrected chi connectivity index (χ2v) is 6.94. The molecule has 9 heteroatoms. The highest BCUT2D eigenvalue weighted by molar-refractivity contribution is 6.40. The van der Waals surface area contributed by atoms with Crippen LogP contribution in [0.4, 0.5) is 11.4 Å². The maximum absolute atomic E-state index is 12.4. The number of halogens is 2. The molecule has 0 radical (unpaired) electrons. The van der Waals surface area contributed by atoms with Crippen molar-refractivity contribution in [2.45, 2.75) is 6.92 Å². The number of nitrogens with one attached hydrogen (secondary N) is 2. The van der Waals surface area contributed by atoms with Crippen molar-refractivity contribution < 1.29 is 23.5 Å². The number of carbonyl (C=O) groups is 3. The summed E-state index contributed by atoms with van der Waals surface area (Å²) < 4.78 is 10.1. The molecule has 0 saturated carbocycles. The molecule has 2 N–H and O–H groups in total. The number of rotatable bonds is 6. The second-order valence-electron chi connectivity index (χ2n) is 6.15. The van der Waals surface area contributed by atoms with Gasteiger partial charge >= 0.3 is 5.97 Å². The van der Waals surface area contributed by atoms with E-state index in [2.05, 4.69) is 10.6 Å². The number of hydrogen-bond acceptors (Lipinski definition) is 5. The fourth-order valence-electron chi connectivity index (χ4n) is 2.52. The summed E-state index contributed by atoms with van der Waals surface area (Å²) in [7, 11) is 0. The molecular weight excluding hydrogens is 431 g/mol. The number of hydrogen-bond donors (Lipinski definition) is 2. The van der Waals surface area contributed by atoms with Gasteiger partial charge in [0.1, 0.15) is 0 Å². The van der Waals surface area contributed by atoms with Crippen LogP contribution in [0.2, 0.25) is 10.0 Å². The van der Waals surface area contributed by atoms with Gasteiger partial charge in [0.25, 0.3) is 11.8 Å². The standard InChI is InChI=1S/C21H16Cl2N2O5/c1-12-8-9-14(22)19(18(12)23)25-17(26)11-30-21(28)13-5-2-3-6-15(13)24-20(27)16-7-4-10-29-16/h2-10H,11H2,1H3,(H,24,27)(H,25,26). The number of esters is 1. The van der Waals surface area contributed by atoms with Crippen molar-refractivity contribution in [3.63, 3.8) is 0 Å². The van der Waals surface area contributed by atoms with E-state index in [0.29, 0.717) is 5.02 Å². The smallest absolute Gasteiger partial charge is 0.340 e. The van der Waals surface area contributed by atoms with Gasteiger partial charge in [0, 0.05) is 0 Å². The molecule has 0 fully saturated rings. The quantitative estimate of drug-likeness (QED) is 0.522. The van der Waals surface area contributed by atoms with Crippen LogP contribution in [0.25, 0.3) is 0 Å². The highest BCUT2D eigenvalue weighted by Crippen LogP contribution is 2.32. The topological polar surface area (TPSA) is 97.6 Å². The zero-order valence-corrected chi connectivity index (χ0v) is 17.2. The third kappa shape index (κ3) is 5.00. The monoisotopic (exact) mass is 446 g/mol. The molecule has 0 aliphatic heterocycles. The Labute approximate surface area is 181 Å². The molecule has 3 aromatic rings. The SMILES string of the molecule is Cc1ccc(Cl)c(NC(=O)COC(=O)c2ccccc2NC(=O)c2ccco2)c1Cl. The van der Waals surface area contributed by atoms with Crippen LogP contribution in [-0.4, -0.2) is 24.4 Å². The van der Waals surface area contributed by atoms with Gasteiger partial charge in [-0.2, -0.15) is 0 Å². The van der Waals surface area contributed by atoms with Crippen molar-refractivity contribution in [2.75, 3.05) is 17.2 Å². The summed E-state index contributed by atoms with van der Waals surface area (Å²) in [5.41, 5.74) is 1.27. The predicted octanol–water partition coefficient (Wildman–Crippen LogP) is 4.94. The Morgan fingerprint density at radius 1 is 1.00 bits per heavy atom. The number of para-hydroxylation sites is 1. The largest absolute Gasteiger partial charge is 0.459 e. The van der Waals surface area contributed by atoms with Crippen LogP contribution < -0.4 is 10.6 Å². The summed E-state index contributed by atoms with van der Waals surface area (Å²) in [6.45, 7) is 1.20. The Bertz CT molecular complexity index is 1100. The van der Waals surface area contributed by atoms with Gasteiger partial charge in [-0.25, -0.2) is 4.79 Å². The molecule has 1 aromatic heterocycles. The molecule has 1 heterocycles. The average molecular weight is 447 g/mol. The van der Waals surface area contributed by atoms with Crippen molar-refractivity contribution in [2.24, 2.45) is 0 Å². The number of ether oxygens (including phenoxy) is 1. The van der Waals surface area contributed by atoms with E-state index >= 15 is 0 Å². The van der Waals surface area contributed by atoms with Gasteiger partial charge in [-0.05, 0) is 42.8 Å². The highest BCUT2D eigenvalue weighted by Gasteiger charge is 2.18. The summed E-state index contributed by atoms with van der Waals surface area (Å²) >= 11 is 12.2. The van der Waals surface area contributed by atoms with E-state index in [-0.39, 0.29) is 27.7 Å². The Hall–Kier alpha value is -3.29. The molecule has 0 unspecified atom stereocenters. The van der Waals surface area contributed by atoms with E-state index in [4.69, 9.17) is 32.4 Å². The van der Waals surface area contributed by atoms with Gasteiger partial charge in [-0.3, -0.25) is 9.59 Å². The molecular formula is C21H16Cl2N2O5. The van der Waals surface area contributed by atoms with Gasteiger partial charge in [0.05, 0.1) is 33.2 Å². The molecule has 0 spiro atoms. The minimum absolute atomic E-state index is 0.0804. The molecule has 7 nitrogen and oxygen atoms in total. The zero-order chi connectivity index (χ0) is 21.7. The molecule has 2 amide bonds. The fraction of sp³-hybridized carbons (Fsp3) is 0.0952. The molecule has 0 saturated heterocycles. The first kappa shape index (κ1) is 21.4. The van der Waals surface area contributed by atoms with Gasteiger partial charge in [-0.1, -0.05) is 41.4 Å². The summed E-state index contributed by atoms with van der Waals surface area (Å²) in [5.74, 6) is -1.84. The summed E-state index contributed by atoms with van der Waals surface area (Å²) in [5, 5.41) is 5.66. The van der Waals surface area contributed by atoms with Gasteiger partial charge in [0.15, 0.2) is 12.4 Å². The summed E-state index contributed by atoms with van der Waals surface area (Å²) in [4.78, 5) is 36.8. The number of carbonyl (C=O) groups excluding carboxylic acids is 3. The fourth-order valence-corrected chi connectivity index (χ4v) is 2.98. The van der Waals surface area contributed by atoms with Crippen LogP contribution in [0.5, 0.6) is 0 Å². The molecule has 0 atom stereocenters. The lowest BCUT2D eigenvalue weighted by molar-refractivity contribution is -0.119. The van der Waals surface area contributed by atoms with Crippen molar-refractivity contribution in [1.29, 1.82) is 0 Å². The first-order chi connectivity index (χ1) is 14.4. The van der Waals surface area contributed by atoms with Gasteiger partial charge in [0.2, 0.25) is 0 Å². The number of anilines is 2. The van der Waals surface area contributed by atoms with E-state index < -0.39 is 24.4 Å². The van der Waals surface area contributed by atoms with Gasteiger partial charge < -0.3 is 19.8 Å². The number of furan rings is 1. The summed E-state index contributed by atoms with van der Waals surface area (Å²) in [6.07, 6.45) is 1.36. The van der Waals surface area contributed by atoms with E-state index in [1.54, 1.807) is 37.3 Å². The van der Waals surface area contributed by atoms with E-state index in [1.165, 1.54) is 24.5 Å². The average Bonchev–Trinajstić information content (AvgIpc) is 3.28. The third-order valence-electron chi connectivity index (χ3n) is 4.02. The Balaban J connectivity index is 1.65. The first-order valence-electron chi connectivity index (χ1n) is 8.72. The lowest BCUT2D eigenvalue weighted by atomic mass is 10.1. The molecule has 2 aromatic carbocycles. The van der Waals surface area contributed by atoms with Crippen molar-refractivity contribution >= 4 is 52.4 Å².